The lowest BCUT2D eigenvalue weighted by atomic mass is 10.2. The molecule has 0 aliphatic carbocycles. The highest BCUT2D eigenvalue weighted by molar-refractivity contribution is 14.1. The number of aryl methyl sites for hydroxylation is 2. The van der Waals surface area contributed by atoms with E-state index in [1.807, 2.05) is 0 Å². The van der Waals surface area contributed by atoms with Gasteiger partial charge in [0.15, 0.2) is 0 Å². The van der Waals surface area contributed by atoms with E-state index >= 15 is 0 Å². The molecule has 1 aromatic heterocycles. The van der Waals surface area contributed by atoms with Crippen molar-refractivity contribution in [3.63, 3.8) is 0 Å². The molecule has 0 N–H and O–H groups in total. The Morgan fingerprint density at radius 3 is 2.87 bits per heavy atom. The molecule has 84 valence electrons. The van der Waals surface area contributed by atoms with E-state index in [-0.39, 0.29) is 0 Å². The summed E-state index contributed by atoms with van der Waals surface area (Å²) in [5, 5.41) is 4.52. The van der Waals surface area contributed by atoms with Crippen LogP contribution >= 0.6 is 22.6 Å². The molecule has 1 aliphatic heterocycles. The summed E-state index contributed by atoms with van der Waals surface area (Å²) in [6.45, 7) is 6.13. The molecule has 0 radical (unpaired) electrons. The Balaban J connectivity index is 1.95. The SMILES string of the molecule is Cc1nn(CCC2CCCO2)c(C)c1I. The van der Waals surface area contributed by atoms with Crippen LogP contribution in [0.5, 0.6) is 0 Å². The predicted molar refractivity (Wildman–Crippen MR) is 68.0 cm³/mol. The van der Waals surface area contributed by atoms with Crippen molar-refractivity contribution in [1.29, 1.82) is 0 Å². The van der Waals surface area contributed by atoms with Gasteiger partial charge in [-0.1, -0.05) is 0 Å². The van der Waals surface area contributed by atoms with E-state index in [9.17, 15) is 0 Å². The maximum absolute atomic E-state index is 5.61. The van der Waals surface area contributed by atoms with Crippen molar-refractivity contribution < 1.29 is 4.74 Å². The van der Waals surface area contributed by atoms with Crippen LogP contribution in [0.15, 0.2) is 0 Å². The molecule has 1 saturated heterocycles. The van der Waals surface area contributed by atoms with Gasteiger partial charge in [0, 0.05) is 18.8 Å². The van der Waals surface area contributed by atoms with Crippen molar-refractivity contribution in [3.05, 3.63) is 15.0 Å². The Labute approximate surface area is 104 Å². The smallest absolute Gasteiger partial charge is 0.0729 e. The van der Waals surface area contributed by atoms with Crippen LogP contribution in [0.4, 0.5) is 0 Å². The van der Waals surface area contributed by atoms with Crippen molar-refractivity contribution in [3.8, 4) is 0 Å². The highest BCUT2D eigenvalue weighted by Gasteiger charge is 2.16. The topological polar surface area (TPSA) is 27.1 Å². The molecule has 2 rings (SSSR count). The lowest BCUT2D eigenvalue weighted by Gasteiger charge is -2.09. The lowest BCUT2D eigenvalue weighted by molar-refractivity contribution is 0.0992. The molecule has 1 aliphatic rings. The molecule has 0 bridgehead atoms. The van der Waals surface area contributed by atoms with E-state index in [1.54, 1.807) is 0 Å². The predicted octanol–water partition coefficient (Wildman–Crippen LogP) is 2.67. The molecule has 0 saturated carbocycles. The van der Waals surface area contributed by atoms with Gasteiger partial charge in [-0.2, -0.15) is 5.10 Å². The normalized spacial score (nSPS) is 21.1. The van der Waals surface area contributed by atoms with Crippen LogP contribution in [0, 0.1) is 17.4 Å². The first-order valence-electron chi connectivity index (χ1n) is 5.49. The number of ether oxygens (including phenoxy) is 1. The van der Waals surface area contributed by atoms with Crippen LogP contribution in [-0.4, -0.2) is 22.5 Å². The van der Waals surface area contributed by atoms with E-state index in [4.69, 9.17) is 4.74 Å². The minimum Gasteiger partial charge on any atom is -0.378 e. The van der Waals surface area contributed by atoms with Gasteiger partial charge >= 0.3 is 0 Å². The van der Waals surface area contributed by atoms with Gasteiger partial charge in [0.2, 0.25) is 0 Å². The van der Waals surface area contributed by atoms with E-state index in [0.29, 0.717) is 6.10 Å². The van der Waals surface area contributed by atoms with Crippen molar-refractivity contribution >= 4 is 22.6 Å². The monoisotopic (exact) mass is 320 g/mol. The molecule has 0 spiro atoms. The second-order valence-corrected chi connectivity index (χ2v) is 5.21. The minimum atomic E-state index is 0.464. The first kappa shape index (κ1) is 11.4. The van der Waals surface area contributed by atoms with E-state index in [2.05, 4.69) is 46.2 Å². The third kappa shape index (κ3) is 2.53. The lowest BCUT2D eigenvalue weighted by Crippen LogP contribution is -2.11. The van der Waals surface area contributed by atoms with Crippen LogP contribution in [-0.2, 0) is 11.3 Å². The van der Waals surface area contributed by atoms with Crippen molar-refractivity contribution in [1.82, 2.24) is 9.78 Å². The van der Waals surface area contributed by atoms with Crippen LogP contribution in [0.1, 0.15) is 30.7 Å². The van der Waals surface area contributed by atoms with Crippen molar-refractivity contribution in [2.24, 2.45) is 0 Å². The molecule has 1 atom stereocenters. The number of aromatic nitrogens is 2. The van der Waals surface area contributed by atoms with Gasteiger partial charge < -0.3 is 4.74 Å². The second-order valence-electron chi connectivity index (χ2n) is 4.13. The largest absolute Gasteiger partial charge is 0.378 e. The van der Waals surface area contributed by atoms with Gasteiger partial charge in [-0.25, -0.2) is 0 Å². The fourth-order valence-corrected chi connectivity index (χ4v) is 2.42. The summed E-state index contributed by atoms with van der Waals surface area (Å²) in [5.41, 5.74) is 2.42. The summed E-state index contributed by atoms with van der Waals surface area (Å²) in [4.78, 5) is 0. The number of rotatable bonds is 3. The first-order chi connectivity index (χ1) is 7.18. The van der Waals surface area contributed by atoms with Crippen LogP contribution in [0.3, 0.4) is 0 Å². The Morgan fingerprint density at radius 2 is 2.33 bits per heavy atom. The Bertz CT molecular complexity index is 343. The highest BCUT2D eigenvalue weighted by atomic mass is 127. The highest BCUT2D eigenvalue weighted by Crippen LogP contribution is 2.19. The summed E-state index contributed by atoms with van der Waals surface area (Å²) in [6.07, 6.45) is 4.00. The van der Waals surface area contributed by atoms with Crippen LogP contribution in [0.2, 0.25) is 0 Å². The molecule has 3 nitrogen and oxygen atoms in total. The Morgan fingerprint density at radius 1 is 1.53 bits per heavy atom. The van der Waals surface area contributed by atoms with Gasteiger partial charge in [0.1, 0.15) is 0 Å². The first-order valence-corrected chi connectivity index (χ1v) is 6.57. The van der Waals surface area contributed by atoms with E-state index in [0.717, 1.165) is 25.3 Å². The Hall–Kier alpha value is -0.100. The maximum atomic E-state index is 5.61. The standard InChI is InChI=1S/C11H17IN2O/c1-8-11(12)9(2)14(13-8)6-5-10-4-3-7-15-10/h10H,3-7H2,1-2H3. The molecule has 1 unspecified atom stereocenters. The zero-order valence-corrected chi connectivity index (χ0v) is 11.5. The molecule has 1 aromatic rings. The van der Waals surface area contributed by atoms with Crippen molar-refractivity contribution in [2.75, 3.05) is 6.61 Å². The molecule has 0 aromatic carbocycles. The van der Waals surface area contributed by atoms with E-state index < -0.39 is 0 Å². The van der Waals surface area contributed by atoms with Crippen LogP contribution < -0.4 is 0 Å². The van der Waals surface area contributed by atoms with E-state index in [1.165, 1.54) is 22.1 Å². The fourth-order valence-electron chi connectivity index (χ4n) is 2.03. The summed E-state index contributed by atoms with van der Waals surface area (Å²) >= 11 is 2.36. The third-order valence-corrected chi connectivity index (χ3v) is 4.54. The molecule has 4 heteroatoms. The number of hydrogen-bond acceptors (Lipinski definition) is 2. The zero-order chi connectivity index (χ0) is 10.8. The van der Waals surface area contributed by atoms with Gasteiger partial charge in [-0.3, -0.25) is 4.68 Å². The van der Waals surface area contributed by atoms with Gasteiger partial charge in [0.25, 0.3) is 0 Å². The molecule has 0 amide bonds. The van der Waals surface area contributed by atoms with Gasteiger partial charge in [-0.15, -0.1) is 0 Å². The minimum absolute atomic E-state index is 0.464. The average molecular weight is 320 g/mol. The number of halogens is 1. The molecule has 1 fully saturated rings. The third-order valence-electron chi connectivity index (χ3n) is 2.98. The number of hydrogen-bond donors (Lipinski definition) is 0. The molecule has 15 heavy (non-hydrogen) atoms. The molecular formula is C11H17IN2O. The quantitative estimate of drug-likeness (QED) is 0.801. The van der Waals surface area contributed by atoms with Crippen molar-refractivity contribution in [2.45, 2.75) is 45.8 Å². The van der Waals surface area contributed by atoms with Gasteiger partial charge in [-0.05, 0) is 55.7 Å². The molecule has 2 heterocycles. The second kappa shape index (κ2) is 4.82. The summed E-state index contributed by atoms with van der Waals surface area (Å²) < 4.78 is 9.01. The van der Waals surface area contributed by atoms with Gasteiger partial charge in [0.05, 0.1) is 15.4 Å². The summed E-state index contributed by atoms with van der Waals surface area (Å²) in [5.74, 6) is 0. The fraction of sp³-hybridized carbons (Fsp3) is 0.727. The number of nitrogens with zero attached hydrogens (tertiary/aromatic N) is 2. The maximum Gasteiger partial charge on any atom is 0.0729 e. The summed E-state index contributed by atoms with van der Waals surface area (Å²) in [6, 6.07) is 0. The Kier molecular flexibility index (Phi) is 3.66. The molecular weight excluding hydrogens is 303 g/mol. The summed E-state index contributed by atoms with van der Waals surface area (Å²) in [7, 11) is 0. The average Bonchev–Trinajstić information content (AvgIpc) is 2.80. The van der Waals surface area contributed by atoms with Crippen LogP contribution in [0.25, 0.3) is 0 Å². The zero-order valence-electron chi connectivity index (χ0n) is 9.29.